The average Bonchev–Trinajstić information content (AvgIpc) is 3.39. The number of aryl methyl sites for hydroxylation is 1. The van der Waals surface area contributed by atoms with Gasteiger partial charge in [0.25, 0.3) is 5.56 Å². The summed E-state index contributed by atoms with van der Waals surface area (Å²) in [5, 5.41) is 8.09. The molecule has 0 radical (unpaired) electrons. The van der Waals surface area contributed by atoms with Gasteiger partial charge in [-0.1, -0.05) is 47.9 Å². The van der Waals surface area contributed by atoms with Crippen molar-refractivity contribution in [1.82, 2.24) is 24.3 Å². The van der Waals surface area contributed by atoms with Gasteiger partial charge in [0.05, 0.1) is 11.8 Å². The third-order valence-electron chi connectivity index (χ3n) is 5.43. The number of anilines is 1. The molecule has 2 aromatic carbocycles. The van der Waals surface area contributed by atoms with Gasteiger partial charge in [0.1, 0.15) is 24.1 Å². The molecule has 172 valence electrons. The molecule has 0 aliphatic heterocycles. The maximum atomic E-state index is 13.5. The van der Waals surface area contributed by atoms with E-state index < -0.39 is 0 Å². The molecule has 0 saturated carbocycles. The molecule has 0 fully saturated rings. The lowest BCUT2D eigenvalue weighted by Gasteiger charge is -2.09. The summed E-state index contributed by atoms with van der Waals surface area (Å²) in [5.74, 6) is 0.639. The predicted octanol–water partition coefficient (Wildman–Crippen LogP) is 4.03. The van der Waals surface area contributed by atoms with Crippen molar-refractivity contribution in [1.29, 1.82) is 0 Å². The molecular formula is C24H21ClN6O3. The summed E-state index contributed by atoms with van der Waals surface area (Å²) in [6.45, 7) is 2.05. The largest absolute Gasteiger partial charge is 0.337 e. The van der Waals surface area contributed by atoms with Crippen LogP contribution in [0.3, 0.4) is 0 Å². The Bertz CT molecular complexity index is 1570. The van der Waals surface area contributed by atoms with Crippen molar-refractivity contribution in [3.8, 4) is 0 Å². The van der Waals surface area contributed by atoms with Crippen LogP contribution in [0.15, 0.2) is 64.2 Å². The van der Waals surface area contributed by atoms with Gasteiger partial charge >= 0.3 is 0 Å². The van der Waals surface area contributed by atoms with Gasteiger partial charge in [0.15, 0.2) is 5.82 Å². The number of carbonyl (C=O) groups excluding carboxylic acids is 1. The molecule has 0 aliphatic carbocycles. The summed E-state index contributed by atoms with van der Waals surface area (Å²) >= 11 is 6.02. The summed E-state index contributed by atoms with van der Waals surface area (Å²) in [5.41, 5.74) is 1.88. The van der Waals surface area contributed by atoms with Gasteiger partial charge in [-0.3, -0.25) is 14.2 Å². The third kappa shape index (κ3) is 4.17. The number of hydrogen-bond donors (Lipinski definition) is 1. The van der Waals surface area contributed by atoms with Crippen molar-refractivity contribution in [2.24, 2.45) is 0 Å². The van der Waals surface area contributed by atoms with Crippen LogP contribution in [0.4, 0.5) is 5.69 Å². The number of nitrogens with zero attached hydrogens (tertiary/aromatic N) is 5. The normalized spacial score (nSPS) is 11.4. The molecular weight excluding hydrogens is 456 g/mol. The SMILES string of the molecule is CCCc1noc(Cn2cnc3c4ccccc4n(CC(=O)Nc4cccc(Cl)c4)c3c2=O)n1. The average molecular weight is 477 g/mol. The summed E-state index contributed by atoms with van der Waals surface area (Å²) < 4.78 is 8.39. The maximum Gasteiger partial charge on any atom is 0.278 e. The number of benzene rings is 2. The molecule has 0 saturated heterocycles. The standard InChI is InChI=1S/C24H21ClN6O3/c1-2-6-19-28-21(34-29-19)13-30-14-26-22-17-9-3-4-10-18(17)31(23(22)24(30)33)12-20(32)27-16-8-5-7-15(25)11-16/h3-5,7-11,14H,2,6,12-13H2,1H3,(H,27,32). The van der Waals surface area contributed by atoms with E-state index in [0.717, 1.165) is 17.3 Å². The number of nitrogens with one attached hydrogen (secondary N) is 1. The number of halogens is 1. The second-order valence-electron chi connectivity index (χ2n) is 7.89. The lowest BCUT2D eigenvalue weighted by Crippen LogP contribution is -2.25. The van der Waals surface area contributed by atoms with Gasteiger partial charge in [0.2, 0.25) is 11.8 Å². The smallest absolute Gasteiger partial charge is 0.278 e. The van der Waals surface area contributed by atoms with Crippen LogP contribution in [0.2, 0.25) is 5.02 Å². The molecule has 9 nitrogen and oxygen atoms in total. The third-order valence-corrected chi connectivity index (χ3v) is 5.67. The summed E-state index contributed by atoms with van der Waals surface area (Å²) in [4.78, 5) is 35.3. The predicted molar refractivity (Wildman–Crippen MR) is 129 cm³/mol. The molecule has 0 spiro atoms. The lowest BCUT2D eigenvalue weighted by atomic mass is 10.2. The summed E-state index contributed by atoms with van der Waals surface area (Å²) in [6.07, 6.45) is 3.06. The lowest BCUT2D eigenvalue weighted by molar-refractivity contribution is -0.116. The molecule has 0 unspecified atom stereocenters. The van der Waals surface area contributed by atoms with Crippen molar-refractivity contribution in [2.45, 2.75) is 32.9 Å². The van der Waals surface area contributed by atoms with Crippen LogP contribution in [0.5, 0.6) is 0 Å². The summed E-state index contributed by atoms with van der Waals surface area (Å²) in [7, 11) is 0. The molecule has 0 aliphatic rings. The van der Waals surface area contributed by atoms with E-state index in [1.54, 1.807) is 28.8 Å². The quantitative estimate of drug-likeness (QED) is 0.380. The van der Waals surface area contributed by atoms with Crippen LogP contribution >= 0.6 is 11.6 Å². The van der Waals surface area contributed by atoms with Gasteiger partial charge in [-0.2, -0.15) is 4.98 Å². The van der Waals surface area contributed by atoms with Crippen LogP contribution in [0.25, 0.3) is 21.9 Å². The zero-order chi connectivity index (χ0) is 23.7. The first-order valence-corrected chi connectivity index (χ1v) is 11.2. The number of aromatic nitrogens is 5. The monoisotopic (exact) mass is 476 g/mol. The topological polar surface area (TPSA) is 108 Å². The van der Waals surface area contributed by atoms with Gasteiger partial charge < -0.3 is 14.4 Å². The molecule has 34 heavy (non-hydrogen) atoms. The second-order valence-corrected chi connectivity index (χ2v) is 8.33. The minimum Gasteiger partial charge on any atom is -0.337 e. The van der Waals surface area contributed by atoms with E-state index in [1.165, 1.54) is 10.9 Å². The van der Waals surface area contributed by atoms with Crippen molar-refractivity contribution < 1.29 is 9.32 Å². The molecule has 3 heterocycles. The Hall–Kier alpha value is -3.98. The number of para-hydroxylation sites is 1. The molecule has 0 bridgehead atoms. The van der Waals surface area contributed by atoms with Crippen molar-refractivity contribution in [3.63, 3.8) is 0 Å². The molecule has 1 N–H and O–H groups in total. The Morgan fingerprint density at radius 3 is 2.85 bits per heavy atom. The highest BCUT2D eigenvalue weighted by Crippen LogP contribution is 2.25. The van der Waals surface area contributed by atoms with Crippen molar-refractivity contribution >= 4 is 45.1 Å². The molecule has 5 rings (SSSR count). The van der Waals surface area contributed by atoms with E-state index in [0.29, 0.717) is 39.9 Å². The number of fused-ring (bicyclic) bond motifs is 3. The number of carbonyl (C=O) groups is 1. The zero-order valence-corrected chi connectivity index (χ0v) is 19.1. The van der Waals surface area contributed by atoms with E-state index in [4.69, 9.17) is 16.1 Å². The number of hydrogen-bond acceptors (Lipinski definition) is 6. The van der Waals surface area contributed by atoms with Crippen LogP contribution in [-0.4, -0.2) is 30.2 Å². The van der Waals surface area contributed by atoms with Crippen LogP contribution in [0.1, 0.15) is 25.1 Å². The Morgan fingerprint density at radius 1 is 1.18 bits per heavy atom. The number of amides is 1. The maximum absolute atomic E-state index is 13.5. The van der Waals surface area contributed by atoms with Gasteiger partial charge in [-0.05, 0) is 30.7 Å². The second kappa shape index (κ2) is 9.11. The first kappa shape index (κ1) is 21.8. The Morgan fingerprint density at radius 2 is 2.03 bits per heavy atom. The first-order chi connectivity index (χ1) is 16.5. The Kier molecular flexibility index (Phi) is 5.85. The van der Waals surface area contributed by atoms with E-state index in [1.807, 2.05) is 31.2 Å². The highest BCUT2D eigenvalue weighted by atomic mass is 35.5. The summed E-state index contributed by atoms with van der Waals surface area (Å²) in [6, 6.07) is 14.4. The fraction of sp³-hybridized carbons (Fsp3) is 0.208. The molecule has 10 heteroatoms. The fourth-order valence-electron chi connectivity index (χ4n) is 3.96. The highest BCUT2D eigenvalue weighted by Gasteiger charge is 2.19. The van der Waals surface area contributed by atoms with E-state index in [9.17, 15) is 9.59 Å². The van der Waals surface area contributed by atoms with Gasteiger partial charge in [-0.25, -0.2) is 4.98 Å². The van der Waals surface area contributed by atoms with Crippen LogP contribution in [-0.2, 0) is 24.3 Å². The molecule has 1 amide bonds. The van der Waals surface area contributed by atoms with Crippen molar-refractivity contribution in [2.75, 3.05) is 5.32 Å². The fourth-order valence-corrected chi connectivity index (χ4v) is 4.15. The van der Waals surface area contributed by atoms with Gasteiger partial charge in [-0.15, -0.1) is 0 Å². The minimum absolute atomic E-state index is 0.0708. The first-order valence-electron chi connectivity index (χ1n) is 10.9. The van der Waals surface area contributed by atoms with Crippen LogP contribution in [0, 0.1) is 0 Å². The van der Waals surface area contributed by atoms with E-state index >= 15 is 0 Å². The van der Waals surface area contributed by atoms with E-state index in [-0.39, 0.29) is 24.6 Å². The molecule has 5 aromatic rings. The Balaban J connectivity index is 1.54. The van der Waals surface area contributed by atoms with E-state index in [2.05, 4.69) is 20.4 Å². The Labute approximate surface area is 199 Å². The van der Waals surface area contributed by atoms with Crippen LogP contribution < -0.4 is 10.9 Å². The number of rotatable bonds is 7. The minimum atomic E-state index is -0.299. The molecule has 0 atom stereocenters. The highest BCUT2D eigenvalue weighted by molar-refractivity contribution is 6.30. The zero-order valence-electron chi connectivity index (χ0n) is 18.4. The molecule has 3 aromatic heterocycles. The van der Waals surface area contributed by atoms with Crippen molar-refractivity contribution in [3.05, 3.63) is 81.9 Å². The van der Waals surface area contributed by atoms with Gasteiger partial charge in [0, 0.05) is 22.5 Å².